The number of benzene rings is 1. The Labute approximate surface area is 111 Å². The molecule has 0 fully saturated rings. The lowest BCUT2D eigenvalue weighted by atomic mass is 10.2. The summed E-state index contributed by atoms with van der Waals surface area (Å²) in [5, 5.41) is 15.6. The highest BCUT2D eigenvalue weighted by atomic mass is 16.2. The van der Waals surface area contributed by atoms with Crippen LogP contribution in [0.1, 0.15) is 19.3 Å². The first-order valence-electron chi connectivity index (χ1n) is 6.30. The molecule has 0 saturated heterocycles. The number of nitrogens with zero attached hydrogens (tertiary/aromatic N) is 2. The minimum Gasteiger partial charge on any atom is -0.396 e. The standard InChI is InChI=1S/C14H17N3O2/c18-11-2-1-4-14(19)16-12-5-7-13(8-6-12)17-10-3-9-15-17/h3,5-10,18H,1-2,4,11H2,(H,16,19). The molecule has 1 heterocycles. The van der Waals surface area contributed by atoms with Gasteiger partial charge in [-0.15, -0.1) is 0 Å². The van der Waals surface area contributed by atoms with E-state index in [2.05, 4.69) is 10.4 Å². The summed E-state index contributed by atoms with van der Waals surface area (Å²) in [6.07, 6.45) is 5.38. The second kappa shape index (κ2) is 6.70. The van der Waals surface area contributed by atoms with Gasteiger partial charge in [0.2, 0.25) is 5.91 Å². The molecule has 19 heavy (non-hydrogen) atoms. The number of carbonyl (C=O) groups excluding carboxylic acids is 1. The Morgan fingerprint density at radius 1 is 1.26 bits per heavy atom. The Balaban J connectivity index is 1.90. The smallest absolute Gasteiger partial charge is 0.224 e. The van der Waals surface area contributed by atoms with E-state index in [1.165, 1.54) is 0 Å². The lowest BCUT2D eigenvalue weighted by Gasteiger charge is -2.06. The van der Waals surface area contributed by atoms with Crippen molar-refractivity contribution in [2.45, 2.75) is 19.3 Å². The molecule has 5 heteroatoms. The summed E-state index contributed by atoms with van der Waals surface area (Å²) in [6.45, 7) is 0.131. The number of aromatic nitrogens is 2. The third-order valence-electron chi connectivity index (χ3n) is 2.73. The van der Waals surface area contributed by atoms with Gasteiger partial charge >= 0.3 is 0 Å². The molecule has 1 aromatic carbocycles. The van der Waals surface area contributed by atoms with Crippen LogP contribution < -0.4 is 5.32 Å². The van der Waals surface area contributed by atoms with E-state index in [1.54, 1.807) is 10.9 Å². The van der Waals surface area contributed by atoms with E-state index in [1.807, 2.05) is 36.5 Å². The first kappa shape index (κ1) is 13.3. The first-order valence-corrected chi connectivity index (χ1v) is 6.30. The summed E-state index contributed by atoms with van der Waals surface area (Å²) < 4.78 is 1.76. The molecule has 2 aromatic rings. The molecule has 0 aliphatic heterocycles. The van der Waals surface area contributed by atoms with Crippen LogP contribution in [0.15, 0.2) is 42.7 Å². The molecular formula is C14H17N3O2. The molecule has 0 atom stereocenters. The highest BCUT2D eigenvalue weighted by Gasteiger charge is 2.02. The fourth-order valence-electron chi connectivity index (χ4n) is 1.74. The molecule has 5 nitrogen and oxygen atoms in total. The summed E-state index contributed by atoms with van der Waals surface area (Å²) in [4.78, 5) is 11.6. The molecule has 0 unspecified atom stereocenters. The number of carbonyl (C=O) groups is 1. The van der Waals surface area contributed by atoms with Crippen LogP contribution in [0.25, 0.3) is 5.69 Å². The third-order valence-corrected chi connectivity index (χ3v) is 2.73. The topological polar surface area (TPSA) is 67.2 Å². The zero-order chi connectivity index (χ0) is 13.5. The molecule has 2 N–H and O–H groups in total. The number of anilines is 1. The van der Waals surface area contributed by atoms with Gasteiger partial charge in [-0.05, 0) is 43.2 Å². The van der Waals surface area contributed by atoms with E-state index < -0.39 is 0 Å². The minimum atomic E-state index is -0.0275. The van der Waals surface area contributed by atoms with Gasteiger partial charge < -0.3 is 10.4 Å². The van der Waals surface area contributed by atoms with Gasteiger partial charge in [0.15, 0.2) is 0 Å². The molecule has 1 aromatic heterocycles. The average Bonchev–Trinajstić information content (AvgIpc) is 2.94. The summed E-state index contributed by atoms with van der Waals surface area (Å²) in [5.74, 6) is -0.0275. The zero-order valence-corrected chi connectivity index (χ0v) is 10.6. The van der Waals surface area contributed by atoms with Gasteiger partial charge in [0, 0.05) is 31.1 Å². The normalized spacial score (nSPS) is 10.4. The summed E-state index contributed by atoms with van der Waals surface area (Å²) in [6, 6.07) is 9.35. The maximum absolute atomic E-state index is 11.6. The Hall–Kier alpha value is -2.14. The van der Waals surface area contributed by atoms with E-state index in [-0.39, 0.29) is 12.5 Å². The zero-order valence-electron chi connectivity index (χ0n) is 10.6. The molecule has 0 bridgehead atoms. The Morgan fingerprint density at radius 2 is 2.05 bits per heavy atom. The summed E-state index contributed by atoms with van der Waals surface area (Å²) >= 11 is 0. The number of hydrogen-bond acceptors (Lipinski definition) is 3. The molecule has 2 rings (SSSR count). The van der Waals surface area contributed by atoms with Gasteiger partial charge in [0.05, 0.1) is 5.69 Å². The van der Waals surface area contributed by atoms with Gasteiger partial charge in [0.25, 0.3) is 0 Å². The van der Waals surface area contributed by atoms with Crippen molar-refractivity contribution < 1.29 is 9.90 Å². The molecule has 0 aliphatic rings. The number of hydrogen-bond donors (Lipinski definition) is 2. The van der Waals surface area contributed by atoms with E-state index in [0.717, 1.165) is 11.4 Å². The maximum Gasteiger partial charge on any atom is 0.224 e. The third kappa shape index (κ3) is 3.93. The van der Waals surface area contributed by atoms with E-state index in [9.17, 15) is 4.79 Å². The fraction of sp³-hybridized carbons (Fsp3) is 0.286. The minimum absolute atomic E-state index is 0.0275. The Kier molecular flexibility index (Phi) is 4.69. The molecule has 0 saturated carbocycles. The quantitative estimate of drug-likeness (QED) is 0.779. The molecular weight excluding hydrogens is 242 g/mol. The molecule has 100 valence electrons. The first-order chi connectivity index (χ1) is 9.29. The molecule has 1 amide bonds. The predicted molar refractivity (Wildman–Crippen MR) is 73.1 cm³/mol. The number of unbranched alkanes of at least 4 members (excludes halogenated alkanes) is 1. The fourth-order valence-corrected chi connectivity index (χ4v) is 1.74. The number of aliphatic hydroxyl groups is 1. The van der Waals surface area contributed by atoms with Crippen LogP contribution in [0.5, 0.6) is 0 Å². The Morgan fingerprint density at radius 3 is 2.68 bits per heavy atom. The van der Waals surface area contributed by atoms with E-state index in [0.29, 0.717) is 19.3 Å². The van der Waals surface area contributed by atoms with Crippen molar-refractivity contribution in [3.63, 3.8) is 0 Å². The van der Waals surface area contributed by atoms with Crippen LogP contribution in [0, 0.1) is 0 Å². The van der Waals surface area contributed by atoms with E-state index >= 15 is 0 Å². The van der Waals surface area contributed by atoms with Crippen molar-refractivity contribution in [3.05, 3.63) is 42.7 Å². The van der Waals surface area contributed by atoms with E-state index in [4.69, 9.17) is 5.11 Å². The monoisotopic (exact) mass is 259 g/mol. The van der Waals surface area contributed by atoms with Gasteiger partial charge in [-0.2, -0.15) is 5.10 Å². The Bertz CT molecular complexity index is 506. The van der Waals surface area contributed by atoms with Crippen molar-refractivity contribution >= 4 is 11.6 Å². The van der Waals surface area contributed by atoms with Gasteiger partial charge in [-0.1, -0.05) is 0 Å². The lowest BCUT2D eigenvalue weighted by molar-refractivity contribution is -0.116. The highest BCUT2D eigenvalue weighted by molar-refractivity contribution is 5.90. The van der Waals surface area contributed by atoms with Crippen molar-refractivity contribution in [2.24, 2.45) is 0 Å². The van der Waals surface area contributed by atoms with Crippen molar-refractivity contribution in [3.8, 4) is 5.69 Å². The van der Waals surface area contributed by atoms with Gasteiger partial charge in [0.1, 0.15) is 0 Å². The molecule has 0 spiro atoms. The van der Waals surface area contributed by atoms with Crippen LogP contribution in [-0.4, -0.2) is 27.4 Å². The largest absolute Gasteiger partial charge is 0.396 e. The number of amides is 1. The highest BCUT2D eigenvalue weighted by Crippen LogP contribution is 2.13. The summed E-state index contributed by atoms with van der Waals surface area (Å²) in [5.41, 5.74) is 1.72. The number of aliphatic hydroxyl groups excluding tert-OH is 1. The average molecular weight is 259 g/mol. The van der Waals surface area contributed by atoms with Gasteiger partial charge in [-0.25, -0.2) is 4.68 Å². The SMILES string of the molecule is O=C(CCCCO)Nc1ccc(-n2cccn2)cc1. The van der Waals surface area contributed by atoms with Crippen LogP contribution in [0.2, 0.25) is 0 Å². The predicted octanol–water partition coefficient (Wildman–Crippen LogP) is 1.97. The van der Waals surface area contributed by atoms with Crippen molar-refractivity contribution in [2.75, 3.05) is 11.9 Å². The lowest BCUT2D eigenvalue weighted by Crippen LogP contribution is -2.11. The molecule has 0 radical (unpaired) electrons. The van der Waals surface area contributed by atoms with Gasteiger partial charge in [-0.3, -0.25) is 4.79 Å². The number of nitrogens with one attached hydrogen (secondary N) is 1. The molecule has 0 aliphatic carbocycles. The number of rotatable bonds is 6. The second-order valence-electron chi connectivity index (χ2n) is 4.23. The van der Waals surface area contributed by atoms with Crippen molar-refractivity contribution in [1.29, 1.82) is 0 Å². The second-order valence-corrected chi connectivity index (χ2v) is 4.23. The van der Waals surface area contributed by atoms with Crippen LogP contribution >= 0.6 is 0 Å². The van der Waals surface area contributed by atoms with Crippen LogP contribution in [0.3, 0.4) is 0 Å². The van der Waals surface area contributed by atoms with Crippen LogP contribution in [0.4, 0.5) is 5.69 Å². The summed E-state index contributed by atoms with van der Waals surface area (Å²) in [7, 11) is 0. The van der Waals surface area contributed by atoms with Crippen LogP contribution in [-0.2, 0) is 4.79 Å². The van der Waals surface area contributed by atoms with Crippen molar-refractivity contribution in [1.82, 2.24) is 9.78 Å². The maximum atomic E-state index is 11.6.